The third-order valence-electron chi connectivity index (χ3n) is 10.5. The van der Waals surface area contributed by atoms with Crippen LogP contribution in [0, 0.1) is 13.8 Å². The smallest absolute Gasteiger partial charge is 0.137 e. The number of hydrogen-bond acceptors (Lipinski definition) is 3. The maximum atomic E-state index is 6.79. The van der Waals surface area contributed by atoms with E-state index in [-0.39, 0.29) is 5.41 Å². The zero-order valence-corrected chi connectivity index (χ0v) is 32.7. The van der Waals surface area contributed by atoms with Crippen LogP contribution < -0.4 is 4.74 Å². The Morgan fingerprint density at radius 2 is 1.33 bits per heavy atom. The predicted molar refractivity (Wildman–Crippen MR) is 218 cm³/mol. The van der Waals surface area contributed by atoms with Crippen LogP contribution >= 0.6 is 0 Å². The third-order valence-corrected chi connectivity index (χ3v) is 10.5. The van der Waals surface area contributed by atoms with Crippen molar-refractivity contribution >= 4 is 21.8 Å². The molecular formula is C47H52N4O. The van der Waals surface area contributed by atoms with Gasteiger partial charge < -0.3 is 4.74 Å². The maximum absolute atomic E-state index is 6.79. The lowest BCUT2D eigenvalue weighted by atomic mass is 9.84. The highest BCUT2D eigenvalue weighted by molar-refractivity contribution is 6.09. The lowest BCUT2D eigenvalue weighted by Gasteiger charge is -2.20. The second-order valence-electron chi connectivity index (χ2n) is 16.3. The lowest BCUT2D eigenvalue weighted by molar-refractivity contribution is 0.481. The van der Waals surface area contributed by atoms with Gasteiger partial charge in [-0.3, -0.25) is 4.57 Å². The van der Waals surface area contributed by atoms with Crippen molar-refractivity contribution in [3.63, 3.8) is 0 Å². The topological polar surface area (TPSA) is 44.9 Å². The molecule has 5 heteroatoms. The molecule has 0 saturated carbocycles. The number of nitrogens with zero attached hydrogens (tertiary/aromatic N) is 4. The quantitative estimate of drug-likeness (QED) is 0.160. The molecule has 7 rings (SSSR count). The van der Waals surface area contributed by atoms with Crippen molar-refractivity contribution in [1.29, 1.82) is 0 Å². The number of benzene rings is 4. The molecule has 266 valence electrons. The molecule has 4 aromatic carbocycles. The van der Waals surface area contributed by atoms with E-state index >= 15 is 0 Å². The molecule has 0 saturated heterocycles. The summed E-state index contributed by atoms with van der Waals surface area (Å²) in [7, 11) is 0. The van der Waals surface area contributed by atoms with Crippen molar-refractivity contribution in [3.05, 3.63) is 131 Å². The molecule has 0 spiro atoms. The lowest BCUT2D eigenvalue weighted by Crippen LogP contribution is -2.12. The Morgan fingerprint density at radius 1 is 0.635 bits per heavy atom. The second kappa shape index (κ2) is 13.4. The normalized spacial score (nSPS) is 12.3. The first-order chi connectivity index (χ1) is 24.7. The van der Waals surface area contributed by atoms with Gasteiger partial charge in [0.2, 0.25) is 0 Å². The second-order valence-corrected chi connectivity index (χ2v) is 16.3. The van der Waals surface area contributed by atoms with Crippen molar-refractivity contribution in [2.45, 2.75) is 99.3 Å². The Balaban J connectivity index is 1.35. The van der Waals surface area contributed by atoms with E-state index in [9.17, 15) is 0 Å². The largest absolute Gasteiger partial charge is 0.457 e. The molecule has 0 unspecified atom stereocenters. The number of rotatable bonds is 8. The Morgan fingerprint density at radius 3 is 2.00 bits per heavy atom. The fraction of sp³-hybridized carbons (Fsp3) is 0.319. The van der Waals surface area contributed by atoms with Gasteiger partial charge in [0.1, 0.15) is 17.3 Å². The Labute approximate surface area is 309 Å². The summed E-state index contributed by atoms with van der Waals surface area (Å²) in [5.41, 5.74) is 13.1. The first-order valence-electron chi connectivity index (χ1n) is 18.8. The monoisotopic (exact) mass is 688 g/mol. The minimum Gasteiger partial charge on any atom is -0.457 e. The van der Waals surface area contributed by atoms with Crippen LogP contribution in [0.3, 0.4) is 0 Å². The van der Waals surface area contributed by atoms with E-state index in [1.165, 1.54) is 44.2 Å². The Hall–Kier alpha value is -5.16. The van der Waals surface area contributed by atoms with E-state index in [1.54, 1.807) is 0 Å². The summed E-state index contributed by atoms with van der Waals surface area (Å²) in [6.45, 7) is 24.7. The van der Waals surface area contributed by atoms with E-state index in [0.29, 0.717) is 17.8 Å². The number of aromatic nitrogens is 4. The number of ether oxygens (including phenoxy) is 1. The van der Waals surface area contributed by atoms with Gasteiger partial charge in [-0.1, -0.05) is 98.7 Å². The minimum atomic E-state index is 0.00458. The molecule has 0 aliphatic carbocycles. The van der Waals surface area contributed by atoms with Crippen molar-refractivity contribution < 1.29 is 4.74 Å². The van der Waals surface area contributed by atoms with Gasteiger partial charge in [0.25, 0.3) is 0 Å². The fourth-order valence-corrected chi connectivity index (χ4v) is 7.62. The zero-order valence-electron chi connectivity index (χ0n) is 32.7. The van der Waals surface area contributed by atoms with Crippen LogP contribution in [-0.4, -0.2) is 19.3 Å². The molecule has 3 aromatic heterocycles. The van der Waals surface area contributed by atoms with Gasteiger partial charge >= 0.3 is 0 Å². The first kappa shape index (κ1) is 35.3. The molecule has 0 radical (unpaired) electrons. The fourth-order valence-electron chi connectivity index (χ4n) is 7.62. The van der Waals surface area contributed by atoms with E-state index in [0.717, 1.165) is 45.4 Å². The highest BCUT2D eigenvalue weighted by atomic mass is 16.5. The molecule has 0 aliphatic heterocycles. The highest BCUT2D eigenvalue weighted by Crippen LogP contribution is 2.41. The van der Waals surface area contributed by atoms with Crippen molar-refractivity contribution in [2.75, 3.05) is 0 Å². The van der Waals surface area contributed by atoms with E-state index < -0.39 is 0 Å². The molecule has 5 nitrogen and oxygen atoms in total. The van der Waals surface area contributed by atoms with Gasteiger partial charge in [0.05, 0.1) is 22.4 Å². The molecular weight excluding hydrogens is 637 g/mol. The van der Waals surface area contributed by atoms with Crippen LogP contribution in [0.2, 0.25) is 0 Å². The molecule has 0 amide bonds. The molecule has 0 aliphatic rings. The molecule has 0 bridgehead atoms. The van der Waals surface area contributed by atoms with Gasteiger partial charge in [0, 0.05) is 40.4 Å². The zero-order chi connectivity index (χ0) is 37.1. The number of fused-ring (bicyclic) bond motifs is 3. The maximum Gasteiger partial charge on any atom is 0.137 e. The molecule has 52 heavy (non-hydrogen) atoms. The van der Waals surface area contributed by atoms with Crippen molar-refractivity contribution in [3.8, 4) is 34.1 Å². The Kier molecular flexibility index (Phi) is 9.10. The number of hydrogen-bond donors (Lipinski definition) is 0. The Bertz CT molecular complexity index is 2410. The van der Waals surface area contributed by atoms with E-state index in [1.807, 2.05) is 6.20 Å². The summed E-state index contributed by atoms with van der Waals surface area (Å²) >= 11 is 0. The standard InChI is InChI=1S/C47H52N4O/c1-28(2)33-23-35(51-32(8)45(31(7)49-51)46-38(29(3)4)16-14-17-39(46)30(5)6)26-37(24-33)52-36-19-20-41-40-15-12-13-18-42(40)50(43(41)27-36)44-25-34(21-22-48-44)47(9,10)11/h12-30H,1-11H3. The van der Waals surface area contributed by atoms with Gasteiger partial charge in [-0.15, -0.1) is 0 Å². The van der Waals surface area contributed by atoms with Crippen LogP contribution in [-0.2, 0) is 5.41 Å². The van der Waals surface area contributed by atoms with Crippen molar-refractivity contribution in [1.82, 2.24) is 19.3 Å². The highest BCUT2D eigenvalue weighted by Gasteiger charge is 2.24. The van der Waals surface area contributed by atoms with Crippen molar-refractivity contribution in [2.24, 2.45) is 0 Å². The van der Waals surface area contributed by atoms with Crippen LogP contribution in [0.25, 0.3) is 44.4 Å². The summed E-state index contributed by atoms with van der Waals surface area (Å²) in [6, 6.07) is 32.6. The molecule has 3 heterocycles. The molecule has 0 atom stereocenters. The summed E-state index contributed by atoms with van der Waals surface area (Å²) < 4.78 is 11.2. The molecule has 0 N–H and O–H groups in total. The van der Waals surface area contributed by atoms with Crippen LogP contribution in [0.4, 0.5) is 0 Å². The number of aryl methyl sites for hydroxylation is 1. The summed E-state index contributed by atoms with van der Waals surface area (Å²) in [6.07, 6.45) is 1.92. The predicted octanol–water partition coefficient (Wildman–Crippen LogP) is 13.1. The van der Waals surface area contributed by atoms with E-state index in [2.05, 4.69) is 176 Å². The summed E-state index contributed by atoms with van der Waals surface area (Å²) in [4.78, 5) is 4.87. The third kappa shape index (κ3) is 6.31. The summed E-state index contributed by atoms with van der Waals surface area (Å²) in [5.74, 6) is 3.57. The summed E-state index contributed by atoms with van der Waals surface area (Å²) in [5, 5.41) is 7.55. The molecule has 7 aromatic rings. The van der Waals surface area contributed by atoms with Gasteiger partial charge in [-0.05, 0) is 107 Å². The van der Waals surface area contributed by atoms with Crippen LogP contribution in [0.1, 0.15) is 114 Å². The number of para-hydroxylation sites is 1. The van der Waals surface area contributed by atoms with Crippen LogP contribution in [0.5, 0.6) is 11.5 Å². The molecule has 0 fully saturated rings. The first-order valence-corrected chi connectivity index (χ1v) is 18.8. The number of pyridine rings is 1. The average Bonchev–Trinajstić information content (AvgIpc) is 3.59. The average molecular weight is 689 g/mol. The van der Waals surface area contributed by atoms with Gasteiger partial charge in [-0.25, -0.2) is 9.67 Å². The van der Waals surface area contributed by atoms with Gasteiger partial charge in [0.15, 0.2) is 0 Å². The van der Waals surface area contributed by atoms with Crippen LogP contribution in [0.15, 0.2) is 97.2 Å². The van der Waals surface area contributed by atoms with E-state index in [4.69, 9.17) is 14.8 Å². The SMILES string of the molecule is Cc1nn(-c2cc(Oc3ccc4c5ccccc5n(-c5cc(C(C)(C)C)ccn5)c4c3)cc(C(C)C)c2)c(C)c1-c1c(C(C)C)cccc1C(C)C. The van der Waals surface area contributed by atoms with Gasteiger partial charge in [-0.2, -0.15) is 5.10 Å². The minimum absolute atomic E-state index is 0.00458.